The summed E-state index contributed by atoms with van der Waals surface area (Å²) in [5, 5.41) is 15.3. The van der Waals surface area contributed by atoms with Gasteiger partial charge in [0.05, 0.1) is 29.8 Å². The fourth-order valence-electron chi connectivity index (χ4n) is 5.94. The van der Waals surface area contributed by atoms with E-state index in [1.165, 1.54) is 6.92 Å². The summed E-state index contributed by atoms with van der Waals surface area (Å²) < 4.78 is 5.73. The Kier molecular flexibility index (Phi) is 7.07. The van der Waals surface area contributed by atoms with E-state index in [1.807, 2.05) is 42.5 Å². The summed E-state index contributed by atoms with van der Waals surface area (Å²) in [5.41, 5.74) is 10.7. The number of ether oxygens (including phenoxy) is 1. The maximum Gasteiger partial charge on any atom is 0.289 e. The highest BCUT2D eigenvalue weighted by Gasteiger charge is 2.26. The van der Waals surface area contributed by atoms with Crippen LogP contribution in [-0.2, 0) is 4.79 Å². The molecule has 6 rings (SSSR count). The smallest absolute Gasteiger partial charge is 0.289 e. The molecule has 5 aromatic rings. The quantitative estimate of drug-likeness (QED) is 0.217. The van der Waals surface area contributed by atoms with Gasteiger partial charge in [0.15, 0.2) is 5.78 Å². The molecule has 0 spiro atoms. The number of nitrogens with one attached hydrogen (secondary N) is 2. The summed E-state index contributed by atoms with van der Waals surface area (Å²) in [6.45, 7) is 3.15. The number of ketones is 1. The SMILES string of the molecule is COc1cc2c(cc1C(C(C)=O)=C(C)N)[nH]c1nc(C(=O)NC3CCC(O)CC3)nc(-c3ccnc4ccccc34)c12. The molecular weight excluding hydrogens is 532 g/mol. The van der Waals surface area contributed by atoms with Crippen molar-refractivity contribution in [2.24, 2.45) is 5.73 Å². The molecule has 10 nitrogen and oxygen atoms in total. The number of H-pyrrole nitrogens is 1. The number of hydrogen-bond donors (Lipinski definition) is 4. The average molecular weight is 565 g/mol. The molecular formula is C32H32N6O4. The minimum absolute atomic E-state index is 0.0328. The number of carbonyl (C=O) groups is 2. The first kappa shape index (κ1) is 27.3. The van der Waals surface area contributed by atoms with Crippen molar-refractivity contribution >= 4 is 50.1 Å². The number of aromatic nitrogens is 4. The molecule has 3 aromatic heterocycles. The monoisotopic (exact) mass is 564 g/mol. The normalized spacial score (nSPS) is 17.8. The maximum absolute atomic E-state index is 13.5. The Balaban J connectivity index is 1.60. The number of aromatic amines is 1. The fourth-order valence-corrected chi connectivity index (χ4v) is 5.94. The second-order valence-electron chi connectivity index (χ2n) is 10.8. The standard InChI is InChI=1S/C32H32N6O4/c1-16(33)27(17(2)39)23-14-25-22(15-26(23)42-3)28-29(21-12-13-34-24-7-5-4-6-20(21)24)37-31(38-30(28)36-25)32(41)35-18-8-10-19(40)11-9-18/h4-7,12-15,18-19,40H,8-11,33H2,1-3H3,(H,35,41)(H,36,37,38). The highest BCUT2D eigenvalue weighted by Crippen LogP contribution is 2.40. The van der Waals surface area contributed by atoms with Crippen LogP contribution in [0.3, 0.4) is 0 Å². The van der Waals surface area contributed by atoms with Crippen LogP contribution in [0.15, 0.2) is 54.4 Å². The first-order valence-corrected chi connectivity index (χ1v) is 14.0. The van der Waals surface area contributed by atoms with Crippen molar-refractivity contribution in [1.82, 2.24) is 25.3 Å². The van der Waals surface area contributed by atoms with Crippen LogP contribution in [0.5, 0.6) is 5.75 Å². The van der Waals surface area contributed by atoms with Crippen LogP contribution in [0.25, 0.3) is 49.7 Å². The van der Waals surface area contributed by atoms with E-state index >= 15 is 0 Å². The van der Waals surface area contributed by atoms with Gasteiger partial charge in [-0.25, -0.2) is 9.97 Å². The van der Waals surface area contributed by atoms with Gasteiger partial charge in [0.2, 0.25) is 5.82 Å². The van der Waals surface area contributed by atoms with Gasteiger partial charge in [-0.3, -0.25) is 14.6 Å². The van der Waals surface area contributed by atoms with E-state index in [4.69, 9.17) is 15.5 Å². The fraction of sp³-hybridized carbons (Fsp3) is 0.281. The third-order valence-corrected chi connectivity index (χ3v) is 7.93. The van der Waals surface area contributed by atoms with Crippen molar-refractivity contribution in [3.63, 3.8) is 0 Å². The third-order valence-electron chi connectivity index (χ3n) is 7.93. The number of aliphatic hydroxyl groups excluding tert-OH is 1. The van der Waals surface area contributed by atoms with Crippen molar-refractivity contribution in [3.05, 3.63) is 65.7 Å². The Morgan fingerprint density at radius 2 is 1.81 bits per heavy atom. The molecule has 10 heteroatoms. The highest BCUT2D eigenvalue weighted by atomic mass is 16.5. The van der Waals surface area contributed by atoms with Gasteiger partial charge >= 0.3 is 0 Å². The summed E-state index contributed by atoms with van der Waals surface area (Å²) in [7, 11) is 1.55. The van der Waals surface area contributed by atoms with E-state index in [-0.39, 0.29) is 29.7 Å². The Morgan fingerprint density at radius 3 is 2.52 bits per heavy atom. The third kappa shape index (κ3) is 4.83. The van der Waals surface area contributed by atoms with Gasteiger partial charge in [-0.05, 0) is 63.8 Å². The number of allylic oxidation sites excluding steroid dienone is 2. The Hall–Kier alpha value is -4.83. The number of Topliss-reactive ketones (excluding diaryl/α,β-unsaturated/α-hetero) is 1. The van der Waals surface area contributed by atoms with Gasteiger partial charge < -0.3 is 25.9 Å². The van der Waals surface area contributed by atoms with Crippen molar-refractivity contribution in [2.45, 2.75) is 51.7 Å². The predicted molar refractivity (Wildman–Crippen MR) is 162 cm³/mol. The van der Waals surface area contributed by atoms with E-state index in [9.17, 15) is 14.7 Å². The van der Waals surface area contributed by atoms with Gasteiger partial charge in [-0.1, -0.05) is 18.2 Å². The molecule has 0 bridgehead atoms. The molecule has 42 heavy (non-hydrogen) atoms. The van der Waals surface area contributed by atoms with Crippen molar-refractivity contribution in [2.75, 3.05) is 7.11 Å². The minimum Gasteiger partial charge on any atom is -0.496 e. The number of methoxy groups -OCH3 is 1. The van der Waals surface area contributed by atoms with Crippen LogP contribution in [0.4, 0.5) is 0 Å². The summed E-state index contributed by atoms with van der Waals surface area (Å²) in [6.07, 6.45) is 4.07. The number of hydrogen-bond acceptors (Lipinski definition) is 8. The Labute approximate surface area is 242 Å². The lowest BCUT2D eigenvalue weighted by Gasteiger charge is -2.25. The number of carbonyl (C=O) groups excluding carboxylic acids is 2. The first-order valence-electron chi connectivity index (χ1n) is 14.0. The molecule has 2 aromatic carbocycles. The van der Waals surface area contributed by atoms with Crippen molar-refractivity contribution < 1.29 is 19.4 Å². The molecule has 1 amide bonds. The zero-order chi connectivity index (χ0) is 29.5. The molecule has 0 saturated heterocycles. The van der Waals surface area contributed by atoms with Crippen LogP contribution in [0.2, 0.25) is 0 Å². The number of fused-ring (bicyclic) bond motifs is 4. The van der Waals surface area contributed by atoms with E-state index in [0.717, 1.165) is 21.9 Å². The molecule has 1 fully saturated rings. The summed E-state index contributed by atoms with van der Waals surface area (Å²) in [6, 6.07) is 13.3. The van der Waals surface area contributed by atoms with Crippen molar-refractivity contribution in [3.8, 4) is 17.0 Å². The largest absolute Gasteiger partial charge is 0.496 e. The molecule has 1 aliphatic carbocycles. The first-order chi connectivity index (χ1) is 20.2. The lowest BCUT2D eigenvalue weighted by molar-refractivity contribution is -0.111. The summed E-state index contributed by atoms with van der Waals surface area (Å²) in [4.78, 5) is 43.4. The van der Waals surface area contributed by atoms with Crippen LogP contribution in [0.1, 0.15) is 55.7 Å². The molecule has 1 aliphatic rings. The number of amides is 1. The average Bonchev–Trinajstić information content (AvgIpc) is 3.34. The lowest BCUT2D eigenvalue weighted by atomic mass is 9.93. The molecule has 0 radical (unpaired) electrons. The summed E-state index contributed by atoms with van der Waals surface area (Å²) >= 11 is 0. The zero-order valence-corrected chi connectivity index (χ0v) is 23.7. The van der Waals surface area contributed by atoms with Gasteiger partial charge in [0.25, 0.3) is 5.91 Å². The van der Waals surface area contributed by atoms with E-state index in [0.29, 0.717) is 70.5 Å². The molecule has 0 atom stereocenters. The van der Waals surface area contributed by atoms with Crippen LogP contribution in [0, 0.1) is 0 Å². The Bertz CT molecular complexity index is 1890. The van der Waals surface area contributed by atoms with Crippen LogP contribution in [-0.4, -0.2) is 56.0 Å². The number of nitrogens with zero attached hydrogens (tertiary/aromatic N) is 3. The Morgan fingerprint density at radius 1 is 1.05 bits per heavy atom. The van der Waals surface area contributed by atoms with Gasteiger partial charge in [0.1, 0.15) is 11.4 Å². The molecule has 5 N–H and O–H groups in total. The number of para-hydroxylation sites is 1. The summed E-state index contributed by atoms with van der Waals surface area (Å²) in [5.74, 6) is -0.0484. The van der Waals surface area contributed by atoms with Gasteiger partial charge in [0, 0.05) is 50.9 Å². The molecule has 0 unspecified atom stereocenters. The number of aliphatic hydroxyl groups is 1. The molecule has 3 heterocycles. The van der Waals surface area contributed by atoms with E-state index in [1.54, 1.807) is 20.2 Å². The lowest BCUT2D eigenvalue weighted by Crippen LogP contribution is -2.39. The minimum atomic E-state index is -0.379. The molecule has 214 valence electrons. The second kappa shape index (κ2) is 10.9. The van der Waals surface area contributed by atoms with Gasteiger partial charge in [-0.15, -0.1) is 0 Å². The topological polar surface area (TPSA) is 156 Å². The maximum atomic E-state index is 13.5. The van der Waals surface area contributed by atoms with Gasteiger partial charge in [-0.2, -0.15) is 0 Å². The van der Waals surface area contributed by atoms with E-state index in [2.05, 4.69) is 20.3 Å². The zero-order valence-electron chi connectivity index (χ0n) is 23.7. The van der Waals surface area contributed by atoms with E-state index < -0.39 is 0 Å². The highest BCUT2D eigenvalue weighted by molar-refractivity contribution is 6.23. The number of rotatable bonds is 6. The van der Waals surface area contributed by atoms with Crippen LogP contribution >= 0.6 is 0 Å². The van der Waals surface area contributed by atoms with Crippen molar-refractivity contribution in [1.29, 1.82) is 0 Å². The number of nitrogens with two attached hydrogens (primary N) is 1. The number of pyridine rings is 1. The molecule has 1 saturated carbocycles. The van der Waals surface area contributed by atoms with Crippen LogP contribution < -0.4 is 15.8 Å². The molecule has 0 aliphatic heterocycles. The number of benzene rings is 2. The second-order valence-corrected chi connectivity index (χ2v) is 10.8. The predicted octanol–water partition coefficient (Wildman–Crippen LogP) is 4.65.